The van der Waals surface area contributed by atoms with E-state index in [0.29, 0.717) is 0 Å². The van der Waals surface area contributed by atoms with Crippen LogP contribution >= 0.6 is 11.6 Å². The first kappa shape index (κ1) is 9.50. The van der Waals surface area contributed by atoms with Crippen molar-refractivity contribution in [1.82, 2.24) is 10.2 Å². The summed E-state index contributed by atoms with van der Waals surface area (Å²) < 4.78 is 0. The summed E-state index contributed by atoms with van der Waals surface area (Å²) in [4.78, 5) is 2.42. The third-order valence-electron chi connectivity index (χ3n) is 3.13. The summed E-state index contributed by atoms with van der Waals surface area (Å²) in [5.74, 6) is 0.852. The molecular weight excluding hydrogens is 184 g/mol. The van der Waals surface area contributed by atoms with Crippen molar-refractivity contribution in [3.8, 4) is 0 Å². The molecule has 13 heavy (non-hydrogen) atoms. The van der Waals surface area contributed by atoms with Gasteiger partial charge in [0.1, 0.15) is 0 Å². The first-order valence-corrected chi connectivity index (χ1v) is 5.42. The number of rotatable bonds is 2. The molecule has 0 saturated carbocycles. The summed E-state index contributed by atoms with van der Waals surface area (Å²) in [5, 5.41) is 4.32. The van der Waals surface area contributed by atoms with Crippen LogP contribution in [0.4, 0.5) is 0 Å². The fourth-order valence-corrected chi connectivity index (χ4v) is 2.68. The fraction of sp³-hybridized carbons (Fsp3) is 0.800. The van der Waals surface area contributed by atoms with E-state index in [4.69, 9.17) is 11.6 Å². The standard InChI is InChI=1S/C10H17ClN2/c1-8(11)6-13-5-3-10-9(7-13)2-4-12-10/h9-10,12H,1-7H2. The Bertz CT molecular complexity index is 205. The molecule has 2 heterocycles. The van der Waals surface area contributed by atoms with E-state index in [1.807, 2.05) is 0 Å². The van der Waals surface area contributed by atoms with Crippen LogP contribution in [0.2, 0.25) is 0 Å². The zero-order valence-corrected chi connectivity index (χ0v) is 8.69. The highest BCUT2D eigenvalue weighted by atomic mass is 35.5. The van der Waals surface area contributed by atoms with Gasteiger partial charge in [0, 0.05) is 30.7 Å². The molecule has 3 heteroatoms. The number of likely N-dealkylation sites (tertiary alicyclic amines) is 1. The highest BCUT2D eigenvalue weighted by Gasteiger charge is 2.32. The maximum Gasteiger partial charge on any atom is 0.0335 e. The molecule has 74 valence electrons. The minimum Gasteiger partial charge on any atom is -0.314 e. The van der Waals surface area contributed by atoms with E-state index in [-0.39, 0.29) is 0 Å². The molecule has 0 spiro atoms. The third kappa shape index (κ3) is 2.25. The molecule has 0 aromatic rings. The zero-order chi connectivity index (χ0) is 9.26. The van der Waals surface area contributed by atoms with Gasteiger partial charge in [-0.15, -0.1) is 0 Å². The lowest BCUT2D eigenvalue weighted by Gasteiger charge is -2.34. The van der Waals surface area contributed by atoms with E-state index in [1.54, 1.807) is 0 Å². The van der Waals surface area contributed by atoms with E-state index < -0.39 is 0 Å². The van der Waals surface area contributed by atoms with Gasteiger partial charge in [-0.2, -0.15) is 0 Å². The second-order valence-electron chi connectivity index (χ2n) is 4.15. The minimum atomic E-state index is 0.768. The maximum absolute atomic E-state index is 5.80. The highest BCUT2D eigenvalue weighted by molar-refractivity contribution is 6.29. The van der Waals surface area contributed by atoms with Gasteiger partial charge < -0.3 is 5.32 Å². The Hall–Kier alpha value is -0.0500. The Morgan fingerprint density at radius 1 is 1.54 bits per heavy atom. The van der Waals surface area contributed by atoms with Crippen LogP contribution in [-0.2, 0) is 0 Å². The number of hydrogen-bond donors (Lipinski definition) is 1. The number of nitrogens with one attached hydrogen (secondary N) is 1. The van der Waals surface area contributed by atoms with Gasteiger partial charge in [0.25, 0.3) is 0 Å². The molecule has 2 nitrogen and oxygen atoms in total. The molecule has 2 aliphatic heterocycles. The van der Waals surface area contributed by atoms with E-state index in [9.17, 15) is 0 Å². The van der Waals surface area contributed by atoms with Crippen molar-refractivity contribution in [3.05, 3.63) is 11.6 Å². The van der Waals surface area contributed by atoms with Crippen molar-refractivity contribution in [3.63, 3.8) is 0 Å². The largest absolute Gasteiger partial charge is 0.314 e. The Morgan fingerprint density at radius 2 is 2.38 bits per heavy atom. The number of fused-ring (bicyclic) bond motifs is 1. The third-order valence-corrected chi connectivity index (χ3v) is 3.25. The van der Waals surface area contributed by atoms with E-state index in [1.165, 1.54) is 32.5 Å². The van der Waals surface area contributed by atoms with Crippen LogP contribution in [0.1, 0.15) is 12.8 Å². The van der Waals surface area contributed by atoms with Gasteiger partial charge >= 0.3 is 0 Å². The second-order valence-corrected chi connectivity index (χ2v) is 4.68. The molecule has 2 saturated heterocycles. The lowest BCUT2D eigenvalue weighted by molar-refractivity contribution is 0.176. The van der Waals surface area contributed by atoms with Crippen LogP contribution in [0.3, 0.4) is 0 Å². The zero-order valence-electron chi connectivity index (χ0n) is 7.93. The Kier molecular flexibility index (Phi) is 2.92. The number of nitrogens with zero attached hydrogens (tertiary/aromatic N) is 1. The Balaban J connectivity index is 1.86. The van der Waals surface area contributed by atoms with Gasteiger partial charge in [-0.3, -0.25) is 4.90 Å². The summed E-state index contributed by atoms with van der Waals surface area (Å²) >= 11 is 5.80. The summed E-state index contributed by atoms with van der Waals surface area (Å²) in [6.07, 6.45) is 2.60. The summed E-state index contributed by atoms with van der Waals surface area (Å²) in [5.41, 5.74) is 0. The minimum absolute atomic E-state index is 0.768. The molecule has 2 unspecified atom stereocenters. The van der Waals surface area contributed by atoms with Crippen molar-refractivity contribution >= 4 is 11.6 Å². The van der Waals surface area contributed by atoms with Crippen LogP contribution in [0.5, 0.6) is 0 Å². The van der Waals surface area contributed by atoms with Crippen molar-refractivity contribution in [1.29, 1.82) is 0 Å². The molecule has 0 bridgehead atoms. The predicted molar refractivity (Wildman–Crippen MR) is 55.9 cm³/mol. The van der Waals surface area contributed by atoms with Gasteiger partial charge in [0.05, 0.1) is 0 Å². The molecular formula is C10H17ClN2. The van der Waals surface area contributed by atoms with Gasteiger partial charge in [-0.05, 0) is 25.3 Å². The van der Waals surface area contributed by atoms with Crippen LogP contribution in [0, 0.1) is 5.92 Å². The van der Waals surface area contributed by atoms with Crippen molar-refractivity contribution < 1.29 is 0 Å². The van der Waals surface area contributed by atoms with Gasteiger partial charge in [-0.25, -0.2) is 0 Å². The first-order chi connectivity index (χ1) is 6.25. The summed E-state index contributed by atoms with van der Waals surface area (Å²) in [7, 11) is 0. The first-order valence-electron chi connectivity index (χ1n) is 5.05. The van der Waals surface area contributed by atoms with Crippen molar-refractivity contribution in [2.45, 2.75) is 18.9 Å². The Morgan fingerprint density at radius 3 is 3.15 bits per heavy atom. The highest BCUT2D eigenvalue weighted by Crippen LogP contribution is 2.24. The molecule has 0 amide bonds. The van der Waals surface area contributed by atoms with Crippen LogP contribution in [0.25, 0.3) is 0 Å². The van der Waals surface area contributed by atoms with E-state index >= 15 is 0 Å². The van der Waals surface area contributed by atoms with Gasteiger partial charge in [0.15, 0.2) is 0 Å². The molecule has 0 radical (unpaired) electrons. The van der Waals surface area contributed by atoms with Crippen LogP contribution in [-0.4, -0.2) is 37.1 Å². The summed E-state index contributed by atoms with van der Waals surface area (Å²) in [6, 6.07) is 0.778. The molecule has 2 aliphatic rings. The normalized spacial score (nSPS) is 34.5. The molecule has 1 N–H and O–H groups in total. The van der Waals surface area contributed by atoms with E-state index in [0.717, 1.165) is 23.5 Å². The topological polar surface area (TPSA) is 15.3 Å². The molecule has 2 atom stereocenters. The molecule has 0 aromatic heterocycles. The molecule has 2 rings (SSSR count). The molecule has 0 aromatic carbocycles. The average molecular weight is 201 g/mol. The lowest BCUT2D eigenvalue weighted by atomic mass is 9.93. The number of piperidine rings is 1. The van der Waals surface area contributed by atoms with Gasteiger partial charge in [0.2, 0.25) is 0 Å². The average Bonchev–Trinajstić information content (AvgIpc) is 2.49. The summed E-state index contributed by atoms with van der Waals surface area (Å²) in [6.45, 7) is 8.17. The number of halogens is 1. The predicted octanol–water partition coefficient (Wildman–Crippen LogP) is 1.42. The van der Waals surface area contributed by atoms with Crippen LogP contribution in [0.15, 0.2) is 11.6 Å². The number of hydrogen-bond acceptors (Lipinski definition) is 2. The fourth-order valence-electron chi connectivity index (χ4n) is 2.51. The Labute approximate surface area is 84.9 Å². The quantitative estimate of drug-likeness (QED) is 0.726. The molecule has 0 aliphatic carbocycles. The maximum atomic E-state index is 5.80. The SMILES string of the molecule is C=C(Cl)CN1CCC2NCCC2C1. The molecule has 2 fully saturated rings. The van der Waals surface area contributed by atoms with Crippen LogP contribution < -0.4 is 5.32 Å². The van der Waals surface area contributed by atoms with E-state index in [2.05, 4.69) is 16.8 Å². The second kappa shape index (κ2) is 3.99. The monoisotopic (exact) mass is 200 g/mol. The van der Waals surface area contributed by atoms with Gasteiger partial charge in [-0.1, -0.05) is 18.2 Å². The van der Waals surface area contributed by atoms with Crippen molar-refractivity contribution in [2.75, 3.05) is 26.2 Å². The lowest BCUT2D eigenvalue weighted by Crippen LogP contribution is -2.44. The van der Waals surface area contributed by atoms with Crippen molar-refractivity contribution in [2.24, 2.45) is 5.92 Å². The smallest absolute Gasteiger partial charge is 0.0335 e.